The lowest BCUT2D eigenvalue weighted by molar-refractivity contribution is 0.0732. The standard InChI is InChI=1S/C13H17NOS/c1-14(10-6-2-3-7-10)13(15)11-8-4-5-9-12(11)16/h4-5,8-10,16H,2-3,6-7H2,1H3. The predicted octanol–water partition coefficient (Wildman–Crippen LogP) is 2.99. The summed E-state index contributed by atoms with van der Waals surface area (Å²) in [6.07, 6.45) is 4.75. The van der Waals surface area contributed by atoms with Crippen LogP contribution in [0.1, 0.15) is 36.0 Å². The van der Waals surface area contributed by atoms with E-state index in [-0.39, 0.29) is 5.91 Å². The van der Waals surface area contributed by atoms with Crippen LogP contribution in [0.5, 0.6) is 0 Å². The van der Waals surface area contributed by atoms with Crippen molar-refractivity contribution in [2.24, 2.45) is 0 Å². The Balaban J connectivity index is 2.15. The Hall–Kier alpha value is -0.960. The highest BCUT2D eigenvalue weighted by Crippen LogP contribution is 2.24. The molecule has 1 amide bonds. The van der Waals surface area contributed by atoms with Crippen molar-refractivity contribution < 1.29 is 4.79 Å². The fourth-order valence-electron chi connectivity index (χ4n) is 2.30. The molecule has 16 heavy (non-hydrogen) atoms. The molecule has 1 aromatic rings. The van der Waals surface area contributed by atoms with Gasteiger partial charge in [-0.2, -0.15) is 0 Å². The highest BCUT2D eigenvalue weighted by atomic mass is 32.1. The summed E-state index contributed by atoms with van der Waals surface area (Å²) in [4.78, 5) is 14.9. The summed E-state index contributed by atoms with van der Waals surface area (Å²) in [6, 6.07) is 7.90. The first kappa shape index (κ1) is 11.5. The maximum Gasteiger partial charge on any atom is 0.254 e. The molecule has 0 bridgehead atoms. The molecule has 86 valence electrons. The smallest absolute Gasteiger partial charge is 0.254 e. The van der Waals surface area contributed by atoms with Gasteiger partial charge < -0.3 is 4.90 Å². The van der Waals surface area contributed by atoms with Gasteiger partial charge in [-0.1, -0.05) is 25.0 Å². The SMILES string of the molecule is CN(C(=O)c1ccccc1S)C1CCCC1. The third-order valence-electron chi connectivity index (χ3n) is 3.33. The molecule has 1 aliphatic rings. The van der Waals surface area contributed by atoms with E-state index in [0.29, 0.717) is 11.6 Å². The summed E-state index contributed by atoms with van der Waals surface area (Å²) in [5, 5.41) is 0. The van der Waals surface area contributed by atoms with E-state index in [9.17, 15) is 4.79 Å². The molecule has 0 spiro atoms. The summed E-state index contributed by atoms with van der Waals surface area (Å²) < 4.78 is 0. The van der Waals surface area contributed by atoms with Crippen LogP contribution in [0.4, 0.5) is 0 Å². The molecule has 1 fully saturated rings. The quantitative estimate of drug-likeness (QED) is 0.781. The second kappa shape index (κ2) is 4.91. The highest BCUT2D eigenvalue weighted by molar-refractivity contribution is 7.80. The molecule has 0 unspecified atom stereocenters. The Labute approximate surface area is 102 Å². The van der Waals surface area contributed by atoms with Crippen LogP contribution >= 0.6 is 12.6 Å². The van der Waals surface area contributed by atoms with Crippen LogP contribution in [0.25, 0.3) is 0 Å². The van der Waals surface area contributed by atoms with Crippen LogP contribution in [-0.2, 0) is 0 Å². The van der Waals surface area contributed by atoms with Crippen LogP contribution < -0.4 is 0 Å². The van der Waals surface area contributed by atoms with Gasteiger partial charge in [-0.05, 0) is 25.0 Å². The van der Waals surface area contributed by atoms with E-state index < -0.39 is 0 Å². The molecular weight excluding hydrogens is 218 g/mol. The van der Waals surface area contributed by atoms with Crippen molar-refractivity contribution in [3.05, 3.63) is 29.8 Å². The second-order valence-electron chi connectivity index (χ2n) is 4.37. The lowest BCUT2D eigenvalue weighted by Crippen LogP contribution is -2.35. The molecule has 0 aromatic heterocycles. The molecule has 0 saturated heterocycles. The van der Waals surface area contributed by atoms with Gasteiger partial charge in [0.2, 0.25) is 0 Å². The average Bonchev–Trinajstić information content (AvgIpc) is 2.81. The van der Waals surface area contributed by atoms with Gasteiger partial charge in [-0.15, -0.1) is 12.6 Å². The topological polar surface area (TPSA) is 20.3 Å². The summed E-state index contributed by atoms with van der Waals surface area (Å²) in [5.41, 5.74) is 0.709. The first-order valence-corrected chi connectivity index (χ1v) is 6.20. The van der Waals surface area contributed by atoms with Gasteiger partial charge in [-0.25, -0.2) is 0 Å². The van der Waals surface area contributed by atoms with E-state index in [1.807, 2.05) is 36.2 Å². The van der Waals surface area contributed by atoms with Crippen molar-refractivity contribution >= 4 is 18.5 Å². The molecule has 2 rings (SSSR count). The van der Waals surface area contributed by atoms with Crippen molar-refractivity contribution in [2.75, 3.05) is 7.05 Å². The molecular formula is C13H17NOS. The van der Waals surface area contributed by atoms with E-state index in [1.54, 1.807) is 0 Å². The number of carbonyl (C=O) groups excluding carboxylic acids is 1. The lowest BCUT2D eigenvalue weighted by Gasteiger charge is -2.24. The van der Waals surface area contributed by atoms with Crippen molar-refractivity contribution in [2.45, 2.75) is 36.6 Å². The third kappa shape index (κ3) is 2.24. The molecule has 0 radical (unpaired) electrons. The molecule has 0 aliphatic heterocycles. The first-order valence-electron chi connectivity index (χ1n) is 5.75. The van der Waals surface area contributed by atoms with Gasteiger partial charge in [0, 0.05) is 18.0 Å². The summed E-state index contributed by atoms with van der Waals surface area (Å²) in [7, 11) is 1.90. The van der Waals surface area contributed by atoms with Gasteiger partial charge in [0.25, 0.3) is 5.91 Å². The van der Waals surface area contributed by atoms with Crippen molar-refractivity contribution in [3.63, 3.8) is 0 Å². The van der Waals surface area contributed by atoms with E-state index in [4.69, 9.17) is 0 Å². The summed E-state index contributed by atoms with van der Waals surface area (Å²) in [5.74, 6) is 0.0949. The van der Waals surface area contributed by atoms with Gasteiger partial charge in [0.1, 0.15) is 0 Å². The second-order valence-corrected chi connectivity index (χ2v) is 4.85. The van der Waals surface area contributed by atoms with Crippen LogP contribution in [0, 0.1) is 0 Å². The molecule has 0 heterocycles. The Morgan fingerprint density at radius 1 is 1.31 bits per heavy atom. The maximum absolute atomic E-state index is 12.2. The van der Waals surface area contributed by atoms with Crippen LogP contribution in [0.3, 0.4) is 0 Å². The molecule has 2 nitrogen and oxygen atoms in total. The number of hydrogen-bond donors (Lipinski definition) is 1. The minimum absolute atomic E-state index is 0.0949. The van der Waals surface area contributed by atoms with E-state index in [2.05, 4.69) is 12.6 Å². The number of amides is 1. The zero-order valence-electron chi connectivity index (χ0n) is 9.52. The molecule has 3 heteroatoms. The van der Waals surface area contributed by atoms with Crippen LogP contribution in [0.2, 0.25) is 0 Å². The van der Waals surface area contributed by atoms with E-state index >= 15 is 0 Å². The highest BCUT2D eigenvalue weighted by Gasteiger charge is 2.24. The average molecular weight is 235 g/mol. The van der Waals surface area contributed by atoms with Crippen molar-refractivity contribution in [1.82, 2.24) is 4.90 Å². The Bertz CT molecular complexity index is 385. The first-order chi connectivity index (χ1) is 7.70. The maximum atomic E-state index is 12.2. The number of nitrogens with zero attached hydrogens (tertiary/aromatic N) is 1. The molecule has 0 atom stereocenters. The molecule has 1 saturated carbocycles. The zero-order valence-corrected chi connectivity index (χ0v) is 10.4. The van der Waals surface area contributed by atoms with Crippen LogP contribution in [-0.4, -0.2) is 23.9 Å². The molecule has 0 N–H and O–H groups in total. The van der Waals surface area contributed by atoms with Gasteiger partial charge in [-0.3, -0.25) is 4.79 Å². The Morgan fingerprint density at radius 3 is 2.56 bits per heavy atom. The van der Waals surface area contributed by atoms with E-state index in [1.165, 1.54) is 12.8 Å². The monoisotopic (exact) mass is 235 g/mol. The minimum atomic E-state index is 0.0949. The summed E-state index contributed by atoms with van der Waals surface area (Å²) >= 11 is 4.33. The number of carbonyl (C=O) groups is 1. The van der Waals surface area contributed by atoms with Crippen molar-refractivity contribution in [1.29, 1.82) is 0 Å². The number of rotatable bonds is 2. The Kier molecular flexibility index (Phi) is 3.54. The largest absolute Gasteiger partial charge is 0.339 e. The van der Waals surface area contributed by atoms with Crippen molar-refractivity contribution in [3.8, 4) is 0 Å². The van der Waals surface area contributed by atoms with Crippen LogP contribution in [0.15, 0.2) is 29.2 Å². The molecule has 1 aromatic carbocycles. The van der Waals surface area contributed by atoms with E-state index in [0.717, 1.165) is 17.7 Å². The third-order valence-corrected chi connectivity index (χ3v) is 3.72. The molecule has 1 aliphatic carbocycles. The minimum Gasteiger partial charge on any atom is -0.339 e. The van der Waals surface area contributed by atoms with Gasteiger partial charge in [0.15, 0.2) is 0 Å². The van der Waals surface area contributed by atoms with Gasteiger partial charge >= 0.3 is 0 Å². The Morgan fingerprint density at radius 2 is 1.94 bits per heavy atom. The number of thiol groups is 1. The predicted molar refractivity (Wildman–Crippen MR) is 68.0 cm³/mol. The fraction of sp³-hybridized carbons (Fsp3) is 0.462. The zero-order chi connectivity index (χ0) is 11.5. The normalized spacial score (nSPS) is 16.4. The number of benzene rings is 1. The lowest BCUT2D eigenvalue weighted by atomic mass is 10.1. The fourth-order valence-corrected chi connectivity index (χ4v) is 2.56. The summed E-state index contributed by atoms with van der Waals surface area (Å²) in [6.45, 7) is 0. The number of hydrogen-bond acceptors (Lipinski definition) is 2. The van der Waals surface area contributed by atoms with Gasteiger partial charge in [0.05, 0.1) is 5.56 Å².